The van der Waals surface area contributed by atoms with E-state index in [-0.39, 0.29) is 0 Å². The number of H-pyrrole nitrogens is 1. The standard InChI is InChI=1S/C33H22ClN7O4S/c34-22-18-16-20(17-19-22)26-27(39-31(43)37(30(42)36-39)23-12-6-2-7-13-23)25-29(46-28(35-25)21-10-4-1-5-11-21)41-33(45)38(32(44)40(26)41)24-14-8-3-9-15-24/h1-19,26-27H,(H,36,42)/t26-,27+/m1/s1. The Morgan fingerprint density at radius 2 is 1.24 bits per heavy atom. The molecule has 0 spiro atoms. The summed E-state index contributed by atoms with van der Waals surface area (Å²) < 4.78 is 5.98. The number of rotatable bonds is 5. The van der Waals surface area contributed by atoms with E-state index in [1.165, 1.54) is 25.4 Å². The van der Waals surface area contributed by atoms with Crippen LogP contribution in [0.3, 0.4) is 0 Å². The summed E-state index contributed by atoms with van der Waals surface area (Å²) in [5.41, 5.74) is -0.0890. The number of nitrogens with one attached hydrogen (secondary N) is 1. The van der Waals surface area contributed by atoms with Gasteiger partial charge in [0.25, 0.3) is 0 Å². The maximum Gasteiger partial charge on any atom is 0.357 e. The highest BCUT2D eigenvalue weighted by atomic mass is 35.5. The van der Waals surface area contributed by atoms with Crippen LogP contribution in [-0.2, 0) is 0 Å². The summed E-state index contributed by atoms with van der Waals surface area (Å²) in [6, 6.07) is 31.3. The van der Waals surface area contributed by atoms with Crippen LogP contribution in [0.5, 0.6) is 0 Å². The van der Waals surface area contributed by atoms with Crippen molar-refractivity contribution in [1.29, 1.82) is 0 Å². The lowest BCUT2D eigenvalue weighted by Gasteiger charge is -2.32. The van der Waals surface area contributed by atoms with Crippen LogP contribution < -0.4 is 22.8 Å². The summed E-state index contributed by atoms with van der Waals surface area (Å²) in [6.45, 7) is 0. The number of aromatic amines is 1. The van der Waals surface area contributed by atoms with E-state index in [4.69, 9.17) is 16.6 Å². The Bertz CT molecular complexity index is 2470. The molecule has 4 aromatic carbocycles. The fourth-order valence-corrected chi connectivity index (χ4v) is 7.20. The van der Waals surface area contributed by atoms with Crippen LogP contribution in [0, 0.1) is 0 Å². The van der Waals surface area contributed by atoms with Gasteiger partial charge in [-0.25, -0.2) is 47.8 Å². The first-order valence-corrected chi connectivity index (χ1v) is 15.4. The molecule has 0 amide bonds. The smallest absolute Gasteiger partial charge is 0.246 e. The molecule has 11 nitrogen and oxygen atoms in total. The molecule has 0 radical (unpaired) electrons. The Morgan fingerprint density at radius 3 is 1.87 bits per heavy atom. The Kier molecular flexibility index (Phi) is 6.48. The average molecular weight is 648 g/mol. The highest BCUT2D eigenvalue weighted by Crippen LogP contribution is 2.44. The molecular weight excluding hydrogens is 626 g/mol. The molecular formula is C33H22ClN7O4S. The van der Waals surface area contributed by atoms with E-state index in [0.717, 1.165) is 14.7 Å². The lowest BCUT2D eigenvalue weighted by Crippen LogP contribution is -2.43. The number of hydrogen-bond donors (Lipinski definition) is 1. The predicted octanol–water partition coefficient (Wildman–Crippen LogP) is 4.40. The van der Waals surface area contributed by atoms with Crippen molar-refractivity contribution in [2.24, 2.45) is 0 Å². The molecule has 46 heavy (non-hydrogen) atoms. The zero-order valence-corrected chi connectivity index (χ0v) is 25.3. The molecule has 7 aromatic rings. The van der Waals surface area contributed by atoms with Crippen molar-refractivity contribution in [2.75, 3.05) is 0 Å². The summed E-state index contributed by atoms with van der Waals surface area (Å²) in [4.78, 5) is 61.3. The zero-order chi connectivity index (χ0) is 31.5. The summed E-state index contributed by atoms with van der Waals surface area (Å²) in [7, 11) is 0. The van der Waals surface area contributed by atoms with Crippen molar-refractivity contribution in [2.45, 2.75) is 12.1 Å². The maximum atomic E-state index is 14.4. The van der Waals surface area contributed by atoms with Crippen LogP contribution in [0.4, 0.5) is 0 Å². The van der Waals surface area contributed by atoms with Gasteiger partial charge in [0.1, 0.15) is 27.8 Å². The number of aromatic nitrogens is 7. The molecule has 2 atom stereocenters. The lowest BCUT2D eigenvalue weighted by atomic mass is 9.96. The molecule has 0 aliphatic carbocycles. The Balaban J connectivity index is 1.48. The number of halogens is 1. The van der Waals surface area contributed by atoms with Gasteiger partial charge in [-0.3, -0.25) is 0 Å². The van der Waals surface area contributed by atoms with Gasteiger partial charge in [0, 0.05) is 10.6 Å². The number of nitrogens with zero attached hydrogens (tertiary/aromatic N) is 6. The summed E-state index contributed by atoms with van der Waals surface area (Å²) in [6.07, 6.45) is 0. The number of para-hydroxylation sites is 2. The SMILES string of the molecule is O=c1[nH]n([C@H]2c3nc(-c4ccccc4)sc3-n3c(=O)n(-c4ccccc4)c(=O)n3[C@@H]2c2ccc(Cl)cc2)c(=O)n1-c1ccccc1. The van der Waals surface area contributed by atoms with Crippen molar-refractivity contribution < 1.29 is 0 Å². The normalized spacial score (nSPS) is 15.4. The highest BCUT2D eigenvalue weighted by Gasteiger charge is 2.44. The van der Waals surface area contributed by atoms with E-state index >= 15 is 0 Å². The maximum absolute atomic E-state index is 14.4. The van der Waals surface area contributed by atoms with Gasteiger partial charge in [0.05, 0.1) is 11.4 Å². The molecule has 0 bridgehead atoms. The van der Waals surface area contributed by atoms with Crippen LogP contribution in [0.2, 0.25) is 5.02 Å². The van der Waals surface area contributed by atoms with Crippen LogP contribution in [0.1, 0.15) is 23.3 Å². The van der Waals surface area contributed by atoms with Crippen molar-refractivity contribution in [3.8, 4) is 26.9 Å². The molecule has 0 fully saturated rings. The van der Waals surface area contributed by atoms with Gasteiger partial charge in [-0.05, 0) is 42.0 Å². The Labute approximate surface area is 268 Å². The third kappa shape index (κ3) is 4.22. The molecule has 1 aliphatic heterocycles. The molecule has 4 heterocycles. The molecule has 13 heteroatoms. The van der Waals surface area contributed by atoms with Gasteiger partial charge in [0.2, 0.25) is 0 Å². The van der Waals surface area contributed by atoms with Crippen molar-refractivity contribution in [3.05, 3.63) is 173 Å². The second kappa shape index (κ2) is 10.7. The van der Waals surface area contributed by atoms with Crippen molar-refractivity contribution in [3.63, 3.8) is 0 Å². The van der Waals surface area contributed by atoms with E-state index in [9.17, 15) is 19.2 Å². The van der Waals surface area contributed by atoms with Gasteiger partial charge < -0.3 is 0 Å². The van der Waals surface area contributed by atoms with E-state index in [0.29, 0.717) is 37.7 Å². The first-order valence-electron chi connectivity index (χ1n) is 14.3. The van der Waals surface area contributed by atoms with Gasteiger partial charge >= 0.3 is 22.8 Å². The monoisotopic (exact) mass is 647 g/mol. The first kappa shape index (κ1) is 27.8. The minimum atomic E-state index is -1.04. The van der Waals surface area contributed by atoms with Gasteiger partial charge in [0.15, 0.2) is 0 Å². The van der Waals surface area contributed by atoms with Crippen LogP contribution >= 0.6 is 22.9 Å². The summed E-state index contributed by atoms with van der Waals surface area (Å²) >= 11 is 7.49. The second-order valence-corrected chi connectivity index (χ2v) is 12.1. The molecule has 0 unspecified atom stereocenters. The Morgan fingerprint density at radius 1 is 0.652 bits per heavy atom. The summed E-state index contributed by atoms with van der Waals surface area (Å²) in [5, 5.41) is 4.11. The van der Waals surface area contributed by atoms with Crippen molar-refractivity contribution >= 4 is 22.9 Å². The molecule has 1 aliphatic rings. The van der Waals surface area contributed by atoms with E-state index < -0.39 is 34.8 Å². The third-order valence-corrected chi connectivity index (χ3v) is 9.35. The zero-order valence-electron chi connectivity index (χ0n) is 23.7. The molecule has 8 rings (SSSR count). The molecule has 0 saturated carbocycles. The van der Waals surface area contributed by atoms with E-state index in [2.05, 4.69) is 5.10 Å². The largest absolute Gasteiger partial charge is 0.357 e. The minimum absolute atomic E-state index is 0.347. The lowest BCUT2D eigenvalue weighted by molar-refractivity contribution is 0.309. The fourth-order valence-electron chi connectivity index (χ4n) is 5.97. The van der Waals surface area contributed by atoms with Gasteiger partial charge in [-0.15, -0.1) is 0 Å². The van der Waals surface area contributed by atoms with E-state index in [1.54, 1.807) is 84.9 Å². The molecule has 3 aromatic heterocycles. The third-order valence-electron chi connectivity index (χ3n) is 8.00. The van der Waals surface area contributed by atoms with Crippen LogP contribution in [0.15, 0.2) is 134 Å². The molecule has 1 N–H and O–H groups in total. The minimum Gasteiger partial charge on any atom is -0.246 e. The topological polar surface area (TPSA) is 122 Å². The van der Waals surface area contributed by atoms with Gasteiger partial charge in [-0.1, -0.05) is 102 Å². The highest BCUT2D eigenvalue weighted by molar-refractivity contribution is 7.17. The van der Waals surface area contributed by atoms with Crippen LogP contribution in [0.25, 0.3) is 26.9 Å². The number of benzene rings is 4. The molecule has 226 valence electrons. The average Bonchev–Trinajstić information content (AvgIpc) is 3.73. The predicted molar refractivity (Wildman–Crippen MR) is 175 cm³/mol. The van der Waals surface area contributed by atoms with Crippen LogP contribution in [-0.4, -0.2) is 33.3 Å². The van der Waals surface area contributed by atoms with Crippen molar-refractivity contribution in [1.82, 2.24) is 33.3 Å². The first-order chi connectivity index (χ1) is 22.4. The Hall–Kier alpha value is -5.72. The van der Waals surface area contributed by atoms with E-state index in [1.807, 2.05) is 30.3 Å². The number of thiazole rings is 1. The summed E-state index contributed by atoms with van der Waals surface area (Å²) in [5.74, 6) is 0. The number of hydrogen-bond acceptors (Lipinski definition) is 6. The number of fused-ring (bicyclic) bond motifs is 3. The quantitative estimate of drug-likeness (QED) is 0.297. The van der Waals surface area contributed by atoms with Gasteiger partial charge in [-0.2, -0.15) is 4.68 Å². The fraction of sp³-hybridized carbons (Fsp3) is 0.0606. The second-order valence-electron chi connectivity index (χ2n) is 10.6. The molecule has 0 saturated heterocycles.